The zero-order chi connectivity index (χ0) is 96.2. The fourth-order valence-corrected chi connectivity index (χ4v) is 17.1. The number of carbonyl (C=O) groups is 4. The first-order valence-corrected chi connectivity index (χ1v) is 41.9. The van der Waals surface area contributed by atoms with Gasteiger partial charge in [-0.1, -0.05) is 0 Å². The molecule has 11 aliphatic heterocycles. The summed E-state index contributed by atoms with van der Waals surface area (Å²) in [5.41, 5.74) is 0. The monoisotopic (exact) mass is 1920 g/mol. The van der Waals surface area contributed by atoms with Crippen molar-refractivity contribution in [2.75, 3.05) is 66.1 Å². The molecule has 58 heteroatoms. The van der Waals surface area contributed by atoms with Gasteiger partial charge < -0.3 is 269 Å². The largest absolute Gasteiger partial charge is 0.394 e. The van der Waals surface area contributed by atoms with Crippen LogP contribution in [-0.2, 0) is 119 Å². The predicted octanol–water partition coefficient (Wildman–Crippen LogP) is -22.7. The van der Waals surface area contributed by atoms with Crippen LogP contribution in [0.25, 0.3) is 0 Å². The molecule has 0 bridgehead atoms. The maximum atomic E-state index is 13.5. The highest BCUT2D eigenvalue weighted by atomic mass is 16.8. The number of nitrogens with one attached hydrogen (secondary N) is 4. The Balaban J connectivity index is 0.936. The first kappa shape index (κ1) is 107. The van der Waals surface area contributed by atoms with Crippen molar-refractivity contribution in [1.29, 1.82) is 0 Å². The second-order valence-corrected chi connectivity index (χ2v) is 33.3. The Hall–Kier alpha value is -4.12. The van der Waals surface area contributed by atoms with Crippen molar-refractivity contribution in [3.8, 4) is 0 Å². The van der Waals surface area contributed by atoms with E-state index in [0.29, 0.717) is 0 Å². The Morgan fingerprint density at radius 1 is 0.244 bits per heavy atom. The van der Waals surface area contributed by atoms with Crippen LogP contribution < -0.4 is 21.3 Å². The summed E-state index contributed by atoms with van der Waals surface area (Å²) in [4.78, 5) is 52.2. The molecule has 11 heterocycles. The van der Waals surface area contributed by atoms with Gasteiger partial charge in [0.25, 0.3) is 0 Å². The first-order valence-electron chi connectivity index (χ1n) is 41.9. The molecule has 0 spiro atoms. The summed E-state index contributed by atoms with van der Waals surface area (Å²) in [5, 5.41) is 334. The number of hydrogen-bond acceptors (Lipinski definition) is 54. The molecular weight excluding hydrogens is 1800 g/mol. The maximum Gasteiger partial charge on any atom is 0.217 e. The van der Waals surface area contributed by atoms with Crippen LogP contribution in [0.3, 0.4) is 0 Å². The maximum absolute atomic E-state index is 13.5. The van der Waals surface area contributed by atoms with E-state index in [1.165, 1.54) is 6.92 Å². The fourth-order valence-electron chi connectivity index (χ4n) is 17.1. The molecule has 0 aromatic rings. The number of amides is 4. The van der Waals surface area contributed by atoms with Crippen LogP contribution >= 0.6 is 0 Å². The highest BCUT2D eigenvalue weighted by Crippen LogP contribution is 2.42. The lowest BCUT2D eigenvalue weighted by Crippen LogP contribution is -2.71. The summed E-state index contributed by atoms with van der Waals surface area (Å²) in [6, 6.07) is -7.64. The zero-order valence-corrected chi connectivity index (χ0v) is 70.4. The third-order valence-corrected chi connectivity index (χ3v) is 24.2. The van der Waals surface area contributed by atoms with Crippen LogP contribution in [0, 0.1) is 0 Å². The first-order chi connectivity index (χ1) is 62.0. The standard InChI is InChI=1S/C73H122N4O54/c1-16-35(91)43(99)49(105)69(113-16)129-60-32(75-18(3)87)63(110)114-29(13-85)57(60)126-64-31(74-17(2)86)42(98)54(26(10-82)119-64)125-73-62(131-68-48(104)36(92)21(90)14-111-68)61(130-72-53(109)47(103)56(28(12-84)121-72)124-66-34(77-20(5)89)59(40(96)25(9-81)116-66)128-71-51(107)45(101)38(94)23(7-79)118-71)41(97)30(122-73)15-112-67-52(108)46(102)55(27(11-83)120-67)123-65-33(76-19(4)88)58(39(95)24(8-80)115-65)127-70-50(106)44(100)37(93)22(6-78)117-70/h16,21-73,78-85,90-110H,6-15H2,1-5H3,(H,74,86)(H,75,87)(H,76,88)(H,77,89)/t16-,21+,22+,23+,24+,25+,26+,27+,28+,29+,30+,31+,32+,33+,34+,35+,36-,37-,38-,39+,40+,41+,42+,43+,44-,45-,46+,47+,48+,49-,50+,51+,52-,53-,54+,55+,56+,57+,58+,59+,60+,61-,62-,63+,64-,65-,66-,67-,68-,69-,70-,71-,72+,73-/m0/s1. The molecule has 0 aromatic carbocycles. The highest BCUT2D eigenvalue weighted by Gasteiger charge is 2.63. The predicted molar refractivity (Wildman–Crippen MR) is 401 cm³/mol. The van der Waals surface area contributed by atoms with Crippen molar-refractivity contribution in [1.82, 2.24) is 21.3 Å². The highest BCUT2D eigenvalue weighted by molar-refractivity contribution is 5.74. The van der Waals surface area contributed by atoms with Gasteiger partial charge in [0.05, 0.1) is 72.2 Å². The molecule has 0 aliphatic carbocycles. The number of carbonyl (C=O) groups excluding carboxylic acids is 4. The molecule has 33 N–H and O–H groups in total. The van der Waals surface area contributed by atoms with E-state index in [2.05, 4.69) is 21.3 Å². The van der Waals surface area contributed by atoms with Crippen LogP contribution in [0.5, 0.6) is 0 Å². The number of hydrogen-bond donors (Lipinski definition) is 33. The van der Waals surface area contributed by atoms with E-state index < -0.39 is 421 Å². The van der Waals surface area contributed by atoms with E-state index in [1.54, 1.807) is 0 Å². The minimum absolute atomic E-state index is 0.882. The minimum Gasteiger partial charge on any atom is -0.394 e. The van der Waals surface area contributed by atoms with Gasteiger partial charge in [0.1, 0.15) is 256 Å². The molecule has 11 rings (SSSR count). The third kappa shape index (κ3) is 23.6. The lowest BCUT2D eigenvalue weighted by molar-refractivity contribution is -0.408. The number of rotatable bonds is 33. The molecule has 11 fully saturated rings. The van der Waals surface area contributed by atoms with Crippen molar-refractivity contribution in [2.24, 2.45) is 0 Å². The van der Waals surface area contributed by atoms with Crippen molar-refractivity contribution in [3.05, 3.63) is 0 Å². The second-order valence-electron chi connectivity index (χ2n) is 33.3. The Labute approximate surface area is 741 Å². The number of ether oxygens (including phenoxy) is 21. The van der Waals surface area contributed by atoms with E-state index in [1.807, 2.05) is 0 Å². The quantitative estimate of drug-likeness (QED) is 0.0290. The lowest BCUT2D eigenvalue weighted by atomic mass is 9.93. The molecule has 758 valence electrons. The van der Waals surface area contributed by atoms with E-state index in [4.69, 9.17) is 99.5 Å². The molecule has 54 atom stereocenters. The molecule has 0 radical (unpaired) electrons. The van der Waals surface area contributed by atoms with Gasteiger partial charge in [-0.25, -0.2) is 0 Å². The van der Waals surface area contributed by atoms with E-state index in [0.717, 1.165) is 27.7 Å². The second kappa shape index (κ2) is 46.8. The SMILES string of the molecule is CC(=O)N[C@@H]1[C@@H](O[C@@H]2O[C@@H](C)[C@@H](O)[C@@H](O)[C@@H]2O)[C@H](O[C@@H]2O[C@H](CO)[C@@H](O[C@@H]3O[C@H](CO[C@H]4O[C@H](CO)[C@@H](O[C@@H]5O[C@H](CO)[C@@H](O)[C@H](O[C@@H]6O[C@H](CO)[C@H](O)[C@H](O)[C@H]6O)[C@H]5NC(C)=O)[C@H](O)[C@@H]4O)[C@@H](O)[C@H](O[C@H]4O[C@H](CO)[C@@H](O[C@@H]5O[C@H](CO)[C@@H](O)[C@H](O[C@@H]6O[C@H](CO)[C@H](O)[C@H](O)[C@H]6O)[C@H]5NC(C)=O)[C@H](O)[C@@H]4O)[C@@H]3O[C@@H]3OC[C@@H](O)[C@H](O)[C@H]3O)[C@H](O)[C@H]2NC(C)=O)[C@@H](CO)O[C@H]1O. The summed E-state index contributed by atoms with van der Waals surface area (Å²) in [6.45, 7) is -6.27. The molecule has 58 nitrogen and oxygen atoms in total. The normalized spacial score (nSPS) is 50.1. The van der Waals surface area contributed by atoms with Gasteiger partial charge in [0.15, 0.2) is 69.2 Å². The summed E-state index contributed by atoms with van der Waals surface area (Å²) in [7, 11) is 0. The van der Waals surface area contributed by atoms with Crippen LogP contribution in [0.1, 0.15) is 34.6 Å². The summed E-state index contributed by atoms with van der Waals surface area (Å²) in [5.74, 6) is -3.79. The fraction of sp³-hybridized carbons (Fsp3) is 0.945. The minimum atomic E-state index is -2.62. The molecule has 4 amide bonds. The Kier molecular flexibility index (Phi) is 38.3. The topological polar surface area (TPSA) is 897 Å². The van der Waals surface area contributed by atoms with E-state index in [-0.39, 0.29) is 0 Å². The van der Waals surface area contributed by atoms with Crippen molar-refractivity contribution in [2.45, 2.75) is 366 Å². The Morgan fingerprint density at radius 2 is 0.542 bits per heavy atom. The molecule has 0 unspecified atom stereocenters. The van der Waals surface area contributed by atoms with Gasteiger partial charge in [0, 0.05) is 27.7 Å². The van der Waals surface area contributed by atoms with Crippen LogP contribution in [0.15, 0.2) is 0 Å². The average Bonchev–Trinajstić information content (AvgIpc) is 0.772. The van der Waals surface area contributed by atoms with Gasteiger partial charge in [-0.05, 0) is 6.92 Å². The number of aliphatic hydroxyl groups excluding tert-OH is 29. The van der Waals surface area contributed by atoms with Crippen molar-refractivity contribution in [3.63, 3.8) is 0 Å². The molecule has 11 aliphatic rings. The van der Waals surface area contributed by atoms with Gasteiger partial charge in [-0.3, -0.25) is 19.2 Å². The van der Waals surface area contributed by atoms with Crippen LogP contribution in [0.2, 0.25) is 0 Å². The zero-order valence-electron chi connectivity index (χ0n) is 70.4. The summed E-state index contributed by atoms with van der Waals surface area (Å²) >= 11 is 0. The van der Waals surface area contributed by atoms with E-state index in [9.17, 15) is 167 Å². The Morgan fingerprint density at radius 3 is 1.00 bits per heavy atom. The third-order valence-electron chi connectivity index (χ3n) is 24.2. The molecule has 0 saturated carbocycles. The Bertz CT molecular complexity index is 3570. The van der Waals surface area contributed by atoms with Gasteiger partial charge in [0.2, 0.25) is 23.6 Å². The molecule has 0 aromatic heterocycles. The molecule has 131 heavy (non-hydrogen) atoms. The van der Waals surface area contributed by atoms with Crippen molar-refractivity contribution >= 4 is 23.6 Å². The summed E-state index contributed by atoms with van der Waals surface area (Å²) < 4.78 is 126. The van der Waals surface area contributed by atoms with Crippen LogP contribution in [-0.4, -0.2) is 569 Å². The van der Waals surface area contributed by atoms with Gasteiger partial charge in [-0.15, -0.1) is 0 Å². The molecular formula is C73H122N4O54. The summed E-state index contributed by atoms with van der Waals surface area (Å²) in [6.07, 6.45) is -106. The van der Waals surface area contributed by atoms with E-state index >= 15 is 0 Å². The van der Waals surface area contributed by atoms with Gasteiger partial charge in [-0.2, -0.15) is 0 Å². The average molecular weight is 1920 g/mol. The van der Waals surface area contributed by atoms with Crippen LogP contribution in [0.4, 0.5) is 0 Å². The smallest absolute Gasteiger partial charge is 0.217 e. The molecule has 11 saturated heterocycles. The lowest BCUT2D eigenvalue weighted by Gasteiger charge is -2.52. The van der Waals surface area contributed by atoms with Gasteiger partial charge >= 0.3 is 0 Å². The number of aliphatic hydroxyl groups is 29. The van der Waals surface area contributed by atoms with Crippen molar-refractivity contribution < 1.29 is 267 Å².